The summed E-state index contributed by atoms with van der Waals surface area (Å²) in [5, 5.41) is 7.91. The molecule has 5 nitrogen and oxygen atoms in total. The first-order chi connectivity index (χ1) is 34.6. The molecule has 9 aromatic rings. The van der Waals surface area contributed by atoms with Crippen molar-refractivity contribution in [2.45, 2.75) is 88.4 Å². The second kappa shape index (κ2) is 16.1. The van der Waals surface area contributed by atoms with Gasteiger partial charge in [-0.3, -0.25) is 4.57 Å². The maximum Gasteiger partial charge on any atom is 0.179 e. The molecule has 4 aliphatic carbocycles. The zero-order valence-corrected chi connectivity index (χ0v) is 40.8. The van der Waals surface area contributed by atoms with Crippen molar-refractivity contribution in [2.24, 2.45) is 23.7 Å². The average molecular weight is 926 g/mol. The van der Waals surface area contributed by atoms with Crippen LogP contribution in [0.2, 0.25) is 0 Å². The van der Waals surface area contributed by atoms with E-state index in [-0.39, 0.29) is 0 Å². The number of benzene rings is 7. The van der Waals surface area contributed by atoms with E-state index in [1.807, 2.05) is 0 Å². The molecule has 0 radical (unpaired) electrons. The number of hydrogen-bond donors (Lipinski definition) is 0. The predicted molar refractivity (Wildman–Crippen MR) is 291 cm³/mol. The lowest BCUT2D eigenvalue weighted by atomic mass is 9.63. The number of aromatic nitrogens is 3. The fourth-order valence-electron chi connectivity index (χ4n) is 15.9. The number of nitrogens with zero attached hydrogens (tertiary/aromatic N) is 5. The highest BCUT2D eigenvalue weighted by Gasteiger charge is 2.48. The Morgan fingerprint density at radius 2 is 0.843 bits per heavy atom. The Morgan fingerprint density at radius 3 is 1.43 bits per heavy atom. The van der Waals surface area contributed by atoms with Crippen molar-refractivity contribution in [3.05, 3.63) is 188 Å². The molecule has 17 rings (SSSR count). The number of piperidine rings is 4. The molecular weight excluding hydrogens is 867 g/mol. The van der Waals surface area contributed by atoms with Crippen LogP contribution in [0.25, 0.3) is 50.3 Å². The summed E-state index contributed by atoms with van der Waals surface area (Å²) in [6.07, 6.45) is 13.6. The van der Waals surface area contributed by atoms with Crippen LogP contribution in [0.15, 0.2) is 188 Å². The number of anilines is 2. The zero-order chi connectivity index (χ0) is 45.9. The first-order valence-electron chi connectivity index (χ1n) is 26.5. The smallest absolute Gasteiger partial charge is 0.179 e. The van der Waals surface area contributed by atoms with Crippen LogP contribution in [0, 0.1) is 23.7 Å². The highest BCUT2D eigenvalue weighted by Crippen LogP contribution is 2.52. The van der Waals surface area contributed by atoms with Crippen molar-refractivity contribution in [3.8, 4) is 28.5 Å². The third kappa shape index (κ3) is 6.48. The van der Waals surface area contributed by atoms with E-state index < -0.39 is 8.07 Å². The maximum atomic E-state index is 5.74. The minimum absolute atomic E-state index is 0.644. The van der Waals surface area contributed by atoms with Crippen LogP contribution >= 0.6 is 0 Å². The Labute approximate surface area is 412 Å². The zero-order valence-electron chi connectivity index (χ0n) is 39.8. The van der Waals surface area contributed by atoms with Crippen LogP contribution in [0.5, 0.6) is 0 Å². The monoisotopic (exact) mass is 925 g/mol. The molecule has 2 aromatic heterocycles. The average Bonchev–Trinajstić information content (AvgIpc) is 3.73. The second-order valence-electron chi connectivity index (χ2n) is 22.2. The lowest BCUT2D eigenvalue weighted by Crippen LogP contribution is -2.74. The highest BCUT2D eigenvalue weighted by atomic mass is 28.3. The van der Waals surface area contributed by atoms with Crippen molar-refractivity contribution >= 4 is 62.0 Å². The van der Waals surface area contributed by atoms with Gasteiger partial charge in [0, 0.05) is 63.5 Å². The van der Waals surface area contributed by atoms with E-state index in [2.05, 4.69) is 202 Å². The van der Waals surface area contributed by atoms with Crippen molar-refractivity contribution in [2.75, 3.05) is 9.80 Å². The summed E-state index contributed by atoms with van der Waals surface area (Å²) in [7, 11) is -2.83. The third-order valence-electron chi connectivity index (χ3n) is 18.3. The summed E-state index contributed by atoms with van der Waals surface area (Å²) in [5.74, 6) is 5.29. The maximum absolute atomic E-state index is 5.74. The molecule has 7 aromatic carbocycles. The molecule has 344 valence electrons. The van der Waals surface area contributed by atoms with E-state index in [0.717, 1.165) is 52.1 Å². The first kappa shape index (κ1) is 41.1. The van der Waals surface area contributed by atoms with Gasteiger partial charge in [-0.1, -0.05) is 152 Å². The van der Waals surface area contributed by atoms with Gasteiger partial charge in [-0.2, -0.15) is 0 Å². The van der Waals surface area contributed by atoms with Crippen LogP contribution < -0.4 is 30.5 Å². The van der Waals surface area contributed by atoms with Gasteiger partial charge >= 0.3 is 0 Å². The van der Waals surface area contributed by atoms with E-state index >= 15 is 0 Å². The minimum Gasteiger partial charge on any atom is -0.366 e. The molecule has 0 N–H and O–H groups in total. The van der Waals surface area contributed by atoms with Crippen molar-refractivity contribution < 1.29 is 0 Å². The molecule has 4 aliphatic heterocycles. The van der Waals surface area contributed by atoms with Crippen LogP contribution in [0.3, 0.4) is 0 Å². The number of hydrogen-bond acceptors (Lipinski definition) is 4. The largest absolute Gasteiger partial charge is 0.366 e. The topological polar surface area (TPSA) is 37.2 Å². The fourth-order valence-corrected chi connectivity index (χ4v) is 20.7. The standard InChI is InChI=1S/C64H59N5Si/c1-4-17-54(18-5-1)70(55-19-6-2-7-20-55,56-21-8-3-9-22-56)57-23-13-15-47(39-57)64-65-60(46-14-12-16-48(38-46)67-50-30-42-28-43(32-50)33-51(67)31-42)41-63(66-64)69-61-25-11-10-24-58(61)59-27-26-49(40-62(59)69)68-52-34-44-29-45(36-52)37-53(68)35-44/h1-27,38-45,50-53H,28-37H2. The van der Waals surface area contributed by atoms with Gasteiger partial charge in [0.15, 0.2) is 13.9 Å². The summed E-state index contributed by atoms with van der Waals surface area (Å²) in [6, 6.07) is 73.6. The van der Waals surface area contributed by atoms with Gasteiger partial charge in [-0.25, -0.2) is 9.97 Å². The van der Waals surface area contributed by atoms with E-state index in [1.165, 1.54) is 118 Å². The Morgan fingerprint density at radius 1 is 0.357 bits per heavy atom. The summed E-state index contributed by atoms with van der Waals surface area (Å²) in [5.41, 5.74) is 8.25. The minimum atomic E-state index is -2.83. The molecule has 0 amide bonds. The van der Waals surface area contributed by atoms with Gasteiger partial charge < -0.3 is 9.80 Å². The molecule has 0 unspecified atom stereocenters. The van der Waals surface area contributed by atoms with E-state index in [4.69, 9.17) is 9.97 Å². The second-order valence-corrected chi connectivity index (χ2v) is 26.0. The van der Waals surface area contributed by atoms with Gasteiger partial charge in [-0.15, -0.1) is 0 Å². The highest BCUT2D eigenvalue weighted by molar-refractivity contribution is 7.19. The summed E-state index contributed by atoms with van der Waals surface area (Å²) >= 11 is 0. The summed E-state index contributed by atoms with van der Waals surface area (Å²) in [4.78, 5) is 17.1. The normalized spacial score (nSPS) is 25.4. The quantitative estimate of drug-likeness (QED) is 0.107. The Balaban J connectivity index is 0.939. The number of rotatable bonds is 9. The lowest BCUT2D eigenvalue weighted by Gasteiger charge is -2.57. The molecule has 4 saturated heterocycles. The first-order valence-corrected chi connectivity index (χ1v) is 28.5. The van der Waals surface area contributed by atoms with Crippen molar-refractivity contribution in [3.63, 3.8) is 0 Å². The van der Waals surface area contributed by atoms with E-state index in [0.29, 0.717) is 24.2 Å². The van der Waals surface area contributed by atoms with Gasteiger partial charge in [0.05, 0.1) is 16.7 Å². The van der Waals surface area contributed by atoms with Crippen LogP contribution in [0.1, 0.15) is 64.2 Å². The molecule has 4 saturated carbocycles. The number of para-hydroxylation sites is 1. The van der Waals surface area contributed by atoms with Crippen LogP contribution in [-0.2, 0) is 0 Å². The molecule has 8 aliphatic rings. The Kier molecular flexibility index (Phi) is 9.47. The summed E-state index contributed by atoms with van der Waals surface area (Å²) in [6.45, 7) is 0. The van der Waals surface area contributed by atoms with E-state index in [1.54, 1.807) is 0 Å². The SMILES string of the molecule is c1ccc([Si](c2ccccc2)(c2ccccc2)c2cccc(-c3nc(-c4cccc(N5C6CC7CC(C6)CC5C7)c4)cc(-n4c5ccccc5c5ccc(N6C7CC8CC(C7)CC6C8)cc54)n3)c2)cc1. The number of fused-ring (bicyclic) bond motifs is 3. The van der Waals surface area contributed by atoms with E-state index in [9.17, 15) is 0 Å². The van der Waals surface area contributed by atoms with Gasteiger partial charge in [0.2, 0.25) is 0 Å². The lowest BCUT2D eigenvalue weighted by molar-refractivity contribution is 0.0899. The molecule has 8 bridgehead atoms. The molecule has 0 atom stereocenters. The third-order valence-corrected chi connectivity index (χ3v) is 23.0. The van der Waals surface area contributed by atoms with Gasteiger partial charge in [0.1, 0.15) is 5.82 Å². The molecule has 70 heavy (non-hydrogen) atoms. The molecular formula is C64H59N5Si. The van der Waals surface area contributed by atoms with Crippen LogP contribution in [-0.4, -0.2) is 46.8 Å². The molecule has 6 heteroatoms. The van der Waals surface area contributed by atoms with Crippen molar-refractivity contribution in [1.82, 2.24) is 14.5 Å². The summed E-state index contributed by atoms with van der Waals surface area (Å²) < 4.78 is 2.46. The predicted octanol–water partition coefficient (Wildman–Crippen LogP) is 11.8. The van der Waals surface area contributed by atoms with Gasteiger partial charge in [0.25, 0.3) is 0 Å². The fraction of sp³-hybridized carbons (Fsp3) is 0.281. The molecule has 8 fully saturated rings. The van der Waals surface area contributed by atoms with Crippen molar-refractivity contribution in [1.29, 1.82) is 0 Å². The Hall–Kier alpha value is -6.76. The van der Waals surface area contributed by atoms with Crippen LogP contribution in [0.4, 0.5) is 11.4 Å². The Bertz CT molecular complexity index is 3290. The molecule has 6 heterocycles. The van der Waals surface area contributed by atoms with Gasteiger partial charge in [-0.05, 0) is 139 Å². The molecule has 0 spiro atoms.